The summed E-state index contributed by atoms with van der Waals surface area (Å²) in [6, 6.07) is 22.0. The largest absolute Gasteiger partial charge is 0.486 e. The molecular formula is C24H21N3O2. The maximum absolute atomic E-state index is 6.16. The average Bonchev–Trinajstić information content (AvgIpc) is 3.31. The van der Waals surface area contributed by atoms with E-state index in [0.717, 1.165) is 44.8 Å². The van der Waals surface area contributed by atoms with Crippen molar-refractivity contribution in [1.29, 1.82) is 0 Å². The van der Waals surface area contributed by atoms with Gasteiger partial charge in [0, 0.05) is 16.3 Å². The van der Waals surface area contributed by atoms with Gasteiger partial charge in [0.25, 0.3) is 0 Å². The molecule has 0 unspecified atom stereocenters. The van der Waals surface area contributed by atoms with Crippen LogP contribution in [0.5, 0.6) is 5.75 Å². The van der Waals surface area contributed by atoms with Crippen molar-refractivity contribution in [2.24, 2.45) is 0 Å². The average molecular weight is 383 g/mol. The van der Waals surface area contributed by atoms with Gasteiger partial charge in [-0.1, -0.05) is 30.3 Å². The Kier molecular flexibility index (Phi) is 3.91. The number of fused-ring (bicyclic) bond motifs is 3. The van der Waals surface area contributed by atoms with Crippen LogP contribution >= 0.6 is 0 Å². The second kappa shape index (κ2) is 6.48. The molecular weight excluding hydrogens is 362 g/mol. The molecule has 0 aliphatic carbocycles. The van der Waals surface area contributed by atoms with E-state index in [4.69, 9.17) is 9.15 Å². The molecule has 0 amide bonds. The topological polar surface area (TPSA) is 53.1 Å². The first-order valence-corrected chi connectivity index (χ1v) is 9.60. The van der Waals surface area contributed by atoms with Crippen LogP contribution in [-0.4, -0.2) is 20.4 Å². The third-order valence-corrected chi connectivity index (χ3v) is 4.69. The SMILES string of the molecule is CC(C)(C)Oc1ccccc1-n1ncnc1-c1ccc2oc3ccccc3c2c1. The lowest BCUT2D eigenvalue weighted by Crippen LogP contribution is -2.23. The zero-order valence-electron chi connectivity index (χ0n) is 16.6. The van der Waals surface area contributed by atoms with Crippen molar-refractivity contribution >= 4 is 21.9 Å². The van der Waals surface area contributed by atoms with Crippen molar-refractivity contribution in [2.75, 3.05) is 0 Å². The Morgan fingerprint density at radius 2 is 1.62 bits per heavy atom. The van der Waals surface area contributed by atoms with Crippen molar-refractivity contribution in [3.63, 3.8) is 0 Å². The number of para-hydroxylation sites is 3. The van der Waals surface area contributed by atoms with Crippen LogP contribution < -0.4 is 4.74 Å². The minimum absolute atomic E-state index is 0.314. The summed E-state index contributed by atoms with van der Waals surface area (Å²) in [5.74, 6) is 1.52. The van der Waals surface area contributed by atoms with Gasteiger partial charge < -0.3 is 9.15 Å². The Balaban J connectivity index is 1.66. The van der Waals surface area contributed by atoms with Crippen LogP contribution in [0.2, 0.25) is 0 Å². The van der Waals surface area contributed by atoms with E-state index in [1.54, 1.807) is 6.33 Å². The molecule has 0 aliphatic heterocycles. The lowest BCUT2D eigenvalue weighted by Gasteiger charge is -2.23. The van der Waals surface area contributed by atoms with Gasteiger partial charge in [-0.2, -0.15) is 5.10 Å². The Labute approximate surface area is 168 Å². The summed E-state index contributed by atoms with van der Waals surface area (Å²) < 4.78 is 13.9. The van der Waals surface area contributed by atoms with Crippen LogP contribution in [0.25, 0.3) is 39.0 Å². The van der Waals surface area contributed by atoms with Crippen LogP contribution in [-0.2, 0) is 0 Å². The van der Waals surface area contributed by atoms with Crippen molar-refractivity contribution in [3.8, 4) is 22.8 Å². The number of furan rings is 1. The smallest absolute Gasteiger partial charge is 0.163 e. The number of hydrogen-bond acceptors (Lipinski definition) is 4. The predicted octanol–water partition coefficient (Wildman–Crippen LogP) is 6.01. The van der Waals surface area contributed by atoms with Crippen molar-refractivity contribution in [2.45, 2.75) is 26.4 Å². The van der Waals surface area contributed by atoms with E-state index in [9.17, 15) is 0 Å². The fourth-order valence-electron chi connectivity index (χ4n) is 3.53. The molecule has 0 spiro atoms. The Morgan fingerprint density at radius 1 is 0.862 bits per heavy atom. The highest BCUT2D eigenvalue weighted by atomic mass is 16.5. The molecule has 5 heteroatoms. The first-order valence-electron chi connectivity index (χ1n) is 9.60. The summed E-state index contributed by atoms with van der Waals surface area (Å²) >= 11 is 0. The third-order valence-electron chi connectivity index (χ3n) is 4.69. The molecule has 0 radical (unpaired) electrons. The van der Waals surface area contributed by atoms with E-state index in [1.165, 1.54) is 0 Å². The summed E-state index contributed by atoms with van der Waals surface area (Å²) in [5.41, 5.74) is 3.24. The molecule has 0 fully saturated rings. The van der Waals surface area contributed by atoms with E-state index >= 15 is 0 Å². The fraction of sp³-hybridized carbons (Fsp3) is 0.167. The minimum Gasteiger partial charge on any atom is -0.486 e. The van der Waals surface area contributed by atoms with Gasteiger partial charge in [-0.05, 0) is 57.2 Å². The quantitative estimate of drug-likeness (QED) is 0.383. The van der Waals surface area contributed by atoms with Crippen molar-refractivity contribution in [3.05, 3.63) is 73.1 Å². The Morgan fingerprint density at radius 3 is 2.48 bits per heavy atom. The van der Waals surface area contributed by atoms with Gasteiger partial charge in [0.05, 0.1) is 0 Å². The molecule has 2 heterocycles. The van der Waals surface area contributed by atoms with Crippen molar-refractivity contribution in [1.82, 2.24) is 14.8 Å². The molecule has 144 valence electrons. The molecule has 5 nitrogen and oxygen atoms in total. The van der Waals surface area contributed by atoms with Gasteiger partial charge >= 0.3 is 0 Å². The zero-order chi connectivity index (χ0) is 20.0. The zero-order valence-corrected chi connectivity index (χ0v) is 16.6. The van der Waals surface area contributed by atoms with Gasteiger partial charge in [-0.25, -0.2) is 9.67 Å². The van der Waals surface area contributed by atoms with E-state index in [1.807, 2.05) is 80.1 Å². The van der Waals surface area contributed by atoms with E-state index in [-0.39, 0.29) is 5.60 Å². The minimum atomic E-state index is -0.314. The maximum atomic E-state index is 6.16. The highest BCUT2D eigenvalue weighted by Crippen LogP contribution is 2.33. The number of benzene rings is 3. The van der Waals surface area contributed by atoms with Crippen LogP contribution in [0.3, 0.4) is 0 Å². The number of aromatic nitrogens is 3. The molecule has 29 heavy (non-hydrogen) atoms. The number of ether oxygens (including phenoxy) is 1. The van der Waals surface area contributed by atoms with Crippen LogP contribution in [0.15, 0.2) is 77.5 Å². The first kappa shape index (κ1) is 17.5. The second-order valence-electron chi connectivity index (χ2n) is 7.99. The molecule has 0 bridgehead atoms. The van der Waals surface area contributed by atoms with E-state index in [0.29, 0.717) is 0 Å². The molecule has 0 saturated heterocycles. The summed E-state index contributed by atoms with van der Waals surface area (Å²) in [4.78, 5) is 4.54. The molecule has 0 N–H and O–H groups in total. The number of rotatable bonds is 3. The molecule has 0 aliphatic rings. The lowest BCUT2D eigenvalue weighted by atomic mass is 10.1. The maximum Gasteiger partial charge on any atom is 0.163 e. The van der Waals surface area contributed by atoms with Gasteiger partial charge in [-0.15, -0.1) is 0 Å². The summed E-state index contributed by atoms with van der Waals surface area (Å²) in [5, 5.41) is 6.64. The fourth-order valence-corrected chi connectivity index (χ4v) is 3.53. The van der Waals surface area contributed by atoms with Crippen molar-refractivity contribution < 1.29 is 9.15 Å². The van der Waals surface area contributed by atoms with Gasteiger partial charge in [0.2, 0.25) is 0 Å². The standard InChI is InChI=1S/C24H21N3O2/c1-24(2,3)29-22-11-7-5-9-19(22)27-23(25-15-26-27)16-12-13-21-18(14-16)17-8-4-6-10-20(17)28-21/h4-15H,1-3H3. The number of hydrogen-bond donors (Lipinski definition) is 0. The van der Waals surface area contributed by atoms with Gasteiger partial charge in [-0.3, -0.25) is 0 Å². The summed E-state index contributed by atoms with van der Waals surface area (Å²) in [6.07, 6.45) is 1.57. The summed E-state index contributed by atoms with van der Waals surface area (Å²) in [6.45, 7) is 6.10. The van der Waals surface area contributed by atoms with Gasteiger partial charge in [0.1, 0.15) is 34.5 Å². The second-order valence-corrected chi connectivity index (χ2v) is 7.99. The van der Waals surface area contributed by atoms with Crippen LogP contribution in [0.1, 0.15) is 20.8 Å². The summed E-state index contributed by atoms with van der Waals surface area (Å²) in [7, 11) is 0. The third kappa shape index (κ3) is 3.14. The monoisotopic (exact) mass is 383 g/mol. The lowest BCUT2D eigenvalue weighted by molar-refractivity contribution is 0.130. The normalized spacial score (nSPS) is 12.0. The Hall–Kier alpha value is -3.60. The van der Waals surface area contributed by atoms with Crippen LogP contribution in [0, 0.1) is 0 Å². The molecule has 5 rings (SSSR count). The molecule has 0 saturated carbocycles. The highest BCUT2D eigenvalue weighted by molar-refractivity contribution is 6.06. The number of nitrogens with zero attached hydrogens (tertiary/aromatic N) is 3. The molecule has 5 aromatic rings. The predicted molar refractivity (Wildman–Crippen MR) is 114 cm³/mol. The van der Waals surface area contributed by atoms with Crippen LogP contribution in [0.4, 0.5) is 0 Å². The first-order chi connectivity index (χ1) is 14.0. The highest BCUT2D eigenvalue weighted by Gasteiger charge is 2.19. The molecule has 3 aromatic carbocycles. The Bertz CT molecular complexity index is 1320. The molecule has 0 atom stereocenters. The molecule has 2 aromatic heterocycles. The van der Waals surface area contributed by atoms with Gasteiger partial charge in [0.15, 0.2) is 5.82 Å². The van der Waals surface area contributed by atoms with E-state index in [2.05, 4.69) is 22.2 Å². The van der Waals surface area contributed by atoms with E-state index < -0.39 is 0 Å².